The van der Waals surface area contributed by atoms with Crippen molar-refractivity contribution in [1.82, 2.24) is 8.75 Å². The van der Waals surface area contributed by atoms with Crippen LogP contribution >= 0.6 is 57.1 Å². The standard InChI is InChI=1S/C64H94N4S6/c1-7-11-15-19-23-25-29-33-36-49(35-31-27-21-17-13-9-3)44-51-43-47(5)69-63(51)55-41-39-53(70-55)54-40-42-56(71-54)64-52(45-50(37-32-28-22-18-14-10-4)38-34-30-26-24-20-16-12-8-2)46-57(72-64)58-61-59(65-73-67-61)48(6)60-62(58)68-74-66-60/h39-43,46,49-50H,7-38,44-45H2,1-6H3. The van der Waals surface area contributed by atoms with E-state index >= 15 is 0 Å². The molecule has 7 rings (SSSR count). The summed E-state index contributed by atoms with van der Waals surface area (Å²) in [5.74, 6) is 1.48. The quantitative estimate of drug-likeness (QED) is 0.0360. The number of fused-ring (bicyclic) bond motifs is 2. The van der Waals surface area contributed by atoms with Crippen LogP contribution in [0.4, 0.5) is 11.4 Å². The van der Waals surface area contributed by atoms with Gasteiger partial charge in [0.05, 0.1) is 23.1 Å². The SMILES string of the molecule is CCCCCCCCCCC(CCCCCCCC)Cc1cc(C)sc1-c1ccc(-c2ccc(-c3sc(-c4c5c(c(C)c6nsnc46)N=S=N5)cc3CC(CCCCCCCC)CCCCCCCCCC)s2)s1. The van der Waals surface area contributed by atoms with Gasteiger partial charge in [-0.05, 0) is 86.1 Å². The predicted molar refractivity (Wildman–Crippen MR) is 337 cm³/mol. The first-order chi connectivity index (χ1) is 36.4. The molecule has 5 aromatic heterocycles. The van der Waals surface area contributed by atoms with Crippen molar-refractivity contribution in [3.05, 3.63) is 58.0 Å². The van der Waals surface area contributed by atoms with Gasteiger partial charge in [-0.3, -0.25) is 0 Å². The van der Waals surface area contributed by atoms with Crippen LogP contribution in [0.5, 0.6) is 0 Å². The number of hydrogen-bond acceptors (Lipinski definition) is 9. The van der Waals surface area contributed by atoms with Crippen LogP contribution in [0.1, 0.15) is 255 Å². The molecule has 2 atom stereocenters. The fourth-order valence-corrected chi connectivity index (χ4v) is 17.4. The van der Waals surface area contributed by atoms with E-state index < -0.39 is 0 Å². The van der Waals surface area contributed by atoms with Crippen molar-refractivity contribution in [3.63, 3.8) is 0 Å². The summed E-state index contributed by atoms with van der Waals surface area (Å²) in [5.41, 5.74) is 9.26. The zero-order valence-corrected chi connectivity index (χ0v) is 51.8. The van der Waals surface area contributed by atoms with Crippen LogP contribution < -0.4 is 0 Å². The Morgan fingerprint density at radius 1 is 0.392 bits per heavy atom. The molecular formula is C64H94N4S6. The van der Waals surface area contributed by atoms with Gasteiger partial charge in [0, 0.05) is 50.1 Å². The molecule has 10 heteroatoms. The first-order valence-electron chi connectivity index (χ1n) is 30.2. The van der Waals surface area contributed by atoms with Crippen molar-refractivity contribution in [3.8, 4) is 39.7 Å². The Kier molecular flexibility index (Phi) is 26.6. The molecule has 0 saturated heterocycles. The van der Waals surface area contributed by atoms with Crippen LogP contribution in [0, 0.1) is 25.7 Å². The molecule has 0 spiro atoms. The molecule has 406 valence electrons. The van der Waals surface area contributed by atoms with Crippen LogP contribution in [-0.4, -0.2) is 8.75 Å². The second-order valence-corrected chi connectivity index (χ2v) is 27.7. The Morgan fingerprint density at radius 2 is 0.784 bits per heavy atom. The van der Waals surface area contributed by atoms with Crippen LogP contribution in [0.3, 0.4) is 0 Å². The highest BCUT2D eigenvalue weighted by Crippen LogP contribution is 2.53. The molecule has 1 aliphatic rings. The van der Waals surface area contributed by atoms with Crippen molar-refractivity contribution >= 4 is 90.8 Å². The maximum absolute atomic E-state index is 4.94. The summed E-state index contributed by atoms with van der Waals surface area (Å²) in [5, 5.41) is 0. The summed E-state index contributed by atoms with van der Waals surface area (Å²) in [6.07, 6.45) is 46.5. The minimum atomic E-state index is 0.691. The van der Waals surface area contributed by atoms with E-state index in [2.05, 4.69) is 77.9 Å². The van der Waals surface area contributed by atoms with Gasteiger partial charge in [-0.25, -0.2) is 0 Å². The van der Waals surface area contributed by atoms with E-state index in [1.165, 1.54) is 280 Å². The number of aryl methyl sites for hydroxylation is 2. The van der Waals surface area contributed by atoms with Gasteiger partial charge in [0.2, 0.25) is 0 Å². The monoisotopic (exact) mass is 1110 g/mol. The number of unbranched alkanes of at least 4 members (excludes halogenated alkanes) is 24. The maximum atomic E-state index is 4.94. The highest BCUT2D eigenvalue weighted by molar-refractivity contribution is 7.58. The van der Waals surface area contributed by atoms with E-state index in [0.29, 0.717) is 5.92 Å². The van der Waals surface area contributed by atoms with Gasteiger partial charge in [0.1, 0.15) is 22.4 Å². The molecule has 2 unspecified atom stereocenters. The van der Waals surface area contributed by atoms with E-state index in [4.69, 9.17) is 17.5 Å². The Labute approximate surface area is 474 Å². The second-order valence-electron chi connectivity index (χ2n) is 22.2. The van der Waals surface area contributed by atoms with E-state index in [0.717, 1.165) is 45.9 Å². The van der Waals surface area contributed by atoms with E-state index in [-0.39, 0.29) is 0 Å². The molecule has 74 heavy (non-hydrogen) atoms. The highest BCUT2D eigenvalue weighted by Gasteiger charge is 2.27. The number of benzene rings is 1. The van der Waals surface area contributed by atoms with Crippen LogP contribution in [-0.2, 0) is 24.2 Å². The normalized spacial score (nSPS) is 13.2. The predicted octanol–water partition coefficient (Wildman–Crippen LogP) is 24.8. The number of nitrogens with zero attached hydrogens (tertiary/aromatic N) is 4. The van der Waals surface area contributed by atoms with Gasteiger partial charge < -0.3 is 0 Å². The van der Waals surface area contributed by atoms with Crippen molar-refractivity contribution < 1.29 is 0 Å². The lowest BCUT2D eigenvalue weighted by Crippen LogP contribution is -2.05. The Hall–Kier alpha value is -2.34. The lowest BCUT2D eigenvalue weighted by atomic mass is 9.88. The maximum Gasteiger partial charge on any atom is 0.116 e. The van der Waals surface area contributed by atoms with E-state index in [1.54, 1.807) is 5.56 Å². The summed E-state index contributed by atoms with van der Waals surface area (Å²) < 4.78 is 19.5. The topological polar surface area (TPSA) is 50.5 Å². The smallest absolute Gasteiger partial charge is 0.116 e. The second kappa shape index (κ2) is 33.2. The molecule has 0 aliphatic carbocycles. The zero-order chi connectivity index (χ0) is 51.7. The average Bonchev–Trinajstić information content (AvgIpc) is 4.28. The Bertz CT molecular complexity index is 2600. The van der Waals surface area contributed by atoms with E-state index in [9.17, 15) is 0 Å². The fourth-order valence-electron chi connectivity index (χ4n) is 11.6. The summed E-state index contributed by atoms with van der Waals surface area (Å²) >= 11 is 10.6. The molecular weight excluding hydrogens is 1020 g/mol. The molecule has 0 N–H and O–H groups in total. The molecule has 6 aromatic rings. The summed E-state index contributed by atoms with van der Waals surface area (Å²) in [4.78, 5) is 11.3. The summed E-state index contributed by atoms with van der Waals surface area (Å²) in [6.45, 7) is 13.8. The summed E-state index contributed by atoms with van der Waals surface area (Å²) in [6, 6.07) is 14.8. The lowest BCUT2D eigenvalue weighted by molar-refractivity contribution is 0.401. The Morgan fingerprint density at radius 3 is 1.26 bits per heavy atom. The van der Waals surface area contributed by atoms with Crippen molar-refractivity contribution in [2.24, 2.45) is 20.6 Å². The number of thiophene rings is 4. The molecule has 0 amide bonds. The third-order valence-electron chi connectivity index (χ3n) is 15.9. The summed E-state index contributed by atoms with van der Waals surface area (Å²) in [7, 11) is 0. The van der Waals surface area contributed by atoms with Crippen molar-refractivity contribution in [2.45, 2.75) is 260 Å². The molecule has 0 radical (unpaired) electrons. The van der Waals surface area contributed by atoms with Gasteiger partial charge in [-0.1, -0.05) is 233 Å². The first kappa shape index (κ1) is 59.3. The fraction of sp³-hybridized carbons (Fsp3) is 0.656. The molecule has 6 heterocycles. The van der Waals surface area contributed by atoms with Crippen molar-refractivity contribution in [2.75, 3.05) is 0 Å². The molecule has 1 aromatic carbocycles. The molecule has 0 fully saturated rings. The largest absolute Gasteiger partial charge is 0.173 e. The van der Waals surface area contributed by atoms with Gasteiger partial charge >= 0.3 is 0 Å². The third kappa shape index (κ3) is 17.8. The number of aromatic nitrogens is 2. The van der Waals surface area contributed by atoms with Crippen molar-refractivity contribution in [1.29, 1.82) is 0 Å². The molecule has 1 aliphatic heterocycles. The minimum absolute atomic E-state index is 0.691. The van der Waals surface area contributed by atoms with Gasteiger partial charge in [0.15, 0.2) is 0 Å². The van der Waals surface area contributed by atoms with Crippen LogP contribution in [0.2, 0.25) is 0 Å². The van der Waals surface area contributed by atoms with Crippen LogP contribution in [0.25, 0.3) is 50.7 Å². The Balaban J connectivity index is 1.12. The molecule has 0 bridgehead atoms. The average molecular weight is 1110 g/mol. The van der Waals surface area contributed by atoms with Crippen LogP contribution in [0.15, 0.2) is 45.1 Å². The minimum Gasteiger partial charge on any atom is -0.173 e. The molecule has 4 nitrogen and oxygen atoms in total. The zero-order valence-electron chi connectivity index (χ0n) is 46.9. The number of rotatable bonds is 40. The van der Waals surface area contributed by atoms with Gasteiger partial charge in [0.25, 0.3) is 0 Å². The van der Waals surface area contributed by atoms with Gasteiger partial charge in [-0.2, -0.15) is 17.5 Å². The third-order valence-corrected chi connectivity index (χ3v) is 22.0. The molecule has 0 saturated carbocycles. The van der Waals surface area contributed by atoms with E-state index in [1.807, 2.05) is 45.3 Å². The first-order valence-corrected chi connectivity index (χ1v) is 34.9. The highest BCUT2D eigenvalue weighted by atomic mass is 32.1. The lowest BCUT2D eigenvalue weighted by Gasteiger charge is -2.17. The number of hydrogen-bond donors (Lipinski definition) is 0. The van der Waals surface area contributed by atoms with Gasteiger partial charge in [-0.15, -0.1) is 45.3 Å².